The van der Waals surface area contributed by atoms with Gasteiger partial charge in [0, 0.05) is 49.4 Å². The molecule has 0 N–H and O–H groups in total. The van der Waals surface area contributed by atoms with Crippen LogP contribution in [0, 0.1) is 16.2 Å². The van der Waals surface area contributed by atoms with Crippen LogP contribution < -0.4 is 0 Å². The van der Waals surface area contributed by atoms with E-state index in [2.05, 4.69) is 56.8 Å². The number of aliphatic imine (C=N–C) groups is 1. The topological polar surface area (TPSA) is 54.3 Å². The Balaban J connectivity index is 2.33. The van der Waals surface area contributed by atoms with Gasteiger partial charge < -0.3 is 9.64 Å². The molecule has 1 heterocycles. The Morgan fingerprint density at radius 2 is 2.06 bits per heavy atom. The zero-order valence-corrected chi connectivity index (χ0v) is 22.0. The predicted molar refractivity (Wildman–Crippen MR) is 141 cm³/mol. The highest BCUT2D eigenvalue weighted by atomic mass is 35.5. The lowest BCUT2D eigenvalue weighted by Gasteiger charge is -2.33. The van der Waals surface area contributed by atoms with Crippen LogP contribution in [0.1, 0.15) is 73.1 Å². The van der Waals surface area contributed by atoms with Crippen LogP contribution in [0.15, 0.2) is 56.5 Å². The maximum atomic E-state index is 11.2. The largest absolute Gasteiger partial charge is 0.381 e. The van der Waals surface area contributed by atoms with E-state index in [-0.39, 0.29) is 17.9 Å². The van der Waals surface area contributed by atoms with Gasteiger partial charge in [0.1, 0.15) is 12.4 Å². The average molecular weight is 476 g/mol. The molecule has 0 amide bonds. The summed E-state index contributed by atoms with van der Waals surface area (Å²) in [6, 6.07) is 0. The van der Waals surface area contributed by atoms with Crippen molar-refractivity contribution in [1.82, 2.24) is 4.90 Å². The summed E-state index contributed by atoms with van der Waals surface area (Å²) in [5.74, 6) is 0.992. The molecule has 2 rings (SSSR count). The molecule has 2 unspecified atom stereocenters. The van der Waals surface area contributed by atoms with Gasteiger partial charge in [-0.25, -0.2) is 4.99 Å². The summed E-state index contributed by atoms with van der Waals surface area (Å²) in [6.07, 6.45) is 14.2. The summed E-state index contributed by atoms with van der Waals surface area (Å²) >= 11 is 6.59. The lowest BCUT2D eigenvalue weighted by molar-refractivity contribution is 0.129. The number of allylic oxidation sites excluding steroid dienone is 6. The van der Waals surface area contributed by atoms with Gasteiger partial charge in [-0.05, 0) is 62.5 Å². The molecule has 0 spiro atoms. The number of ether oxygens (including phenoxy) is 1. The van der Waals surface area contributed by atoms with Gasteiger partial charge in [-0.3, -0.25) is 0 Å². The fraction of sp³-hybridized carbons (Fsp3) is 0.667. The zero-order chi connectivity index (χ0) is 24.3. The van der Waals surface area contributed by atoms with Crippen molar-refractivity contribution in [3.8, 4) is 0 Å². The van der Waals surface area contributed by atoms with Crippen LogP contribution >= 0.6 is 11.6 Å². The summed E-state index contributed by atoms with van der Waals surface area (Å²) in [7, 11) is 0. The molecule has 0 aromatic heterocycles. The fourth-order valence-electron chi connectivity index (χ4n) is 4.49. The third-order valence-corrected chi connectivity index (χ3v) is 7.47. The van der Waals surface area contributed by atoms with Gasteiger partial charge in [-0.2, -0.15) is 4.91 Å². The first-order valence-electron chi connectivity index (χ1n) is 12.5. The van der Waals surface area contributed by atoms with Gasteiger partial charge in [-0.1, -0.05) is 61.9 Å². The number of halogens is 1. The van der Waals surface area contributed by atoms with Crippen LogP contribution in [0.2, 0.25) is 0 Å². The van der Waals surface area contributed by atoms with E-state index in [0.717, 1.165) is 86.1 Å². The van der Waals surface area contributed by atoms with E-state index < -0.39 is 0 Å². The molecule has 0 radical (unpaired) electrons. The smallest absolute Gasteiger partial charge is 0.129 e. The number of hydrogen-bond donors (Lipinski definition) is 0. The van der Waals surface area contributed by atoms with Crippen LogP contribution in [0.3, 0.4) is 0 Å². The second-order valence-corrected chi connectivity index (χ2v) is 9.96. The normalized spacial score (nSPS) is 23.6. The Hall–Kier alpha value is -1.72. The second kappa shape index (κ2) is 13.9. The summed E-state index contributed by atoms with van der Waals surface area (Å²) in [4.78, 5) is 18.7. The molecule has 1 aliphatic carbocycles. The van der Waals surface area contributed by atoms with Crippen LogP contribution in [-0.2, 0) is 4.74 Å². The molecule has 184 valence electrons. The minimum atomic E-state index is 0.0844. The van der Waals surface area contributed by atoms with Crippen LogP contribution in [-0.4, -0.2) is 43.5 Å². The fourth-order valence-corrected chi connectivity index (χ4v) is 4.81. The first kappa shape index (κ1) is 27.5. The summed E-state index contributed by atoms with van der Waals surface area (Å²) in [5.41, 5.74) is 3.36. The molecule has 2 aliphatic rings. The van der Waals surface area contributed by atoms with Crippen molar-refractivity contribution >= 4 is 17.3 Å². The lowest BCUT2D eigenvalue weighted by Crippen LogP contribution is -2.30. The van der Waals surface area contributed by atoms with Crippen molar-refractivity contribution in [3.63, 3.8) is 0 Å². The van der Waals surface area contributed by atoms with Gasteiger partial charge in [0.2, 0.25) is 0 Å². The summed E-state index contributed by atoms with van der Waals surface area (Å²) < 4.78 is 5.70. The quantitative estimate of drug-likeness (QED) is 0.231. The zero-order valence-electron chi connectivity index (χ0n) is 21.2. The van der Waals surface area contributed by atoms with E-state index in [1.165, 1.54) is 6.42 Å². The monoisotopic (exact) mass is 475 g/mol. The van der Waals surface area contributed by atoms with Crippen LogP contribution in [0.5, 0.6) is 0 Å². The standard InChI is InChI=1S/C27H42ClN3O2/c1-6-23(20-29-32)26(30-22(4)21(3)24-12-9-8-10-13-25(24)28)31(7-2)17-15-27(5)14-11-18-33-19-16-27/h8-10,12,21H,6-7,11,13-20H2,1-5H3/b26-23-,30-22?. The maximum absolute atomic E-state index is 11.2. The number of hydrogen-bond acceptors (Lipinski definition) is 5. The third kappa shape index (κ3) is 8.22. The SMILES string of the molecule is CC/C(CN=O)=C(\N=C(C)C(C)C1=C(Cl)CC=CC=C1)N(CC)CCC1(C)CCCOCC1. The van der Waals surface area contributed by atoms with Crippen molar-refractivity contribution in [2.24, 2.45) is 21.5 Å². The van der Waals surface area contributed by atoms with E-state index in [1.54, 1.807) is 0 Å². The maximum Gasteiger partial charge on any atom is 0.129 e. The third-order valence-electron chi connectivity index (χ3n) is 7.09. The van der Waals surface area contributed by atoms with E-state index in [1.807, 2.05) is 12.2 Å². The first-order valence-corrected chi connectivity index (χ1v) is 12.8. The van der Waals surface area contributed by atoms with Crippen molar-refractivity contribution in [1.29, 1.82) is 0 Å². The Bertz CT molecular complexity index is 802. The van der Waals surface area contributed by atoms with Crippen molar-refractivity contribution in [2.75, 3.05) is 32.8 Å². The second-order valence-electron chi connectivity index (χ2n) is 9.50. The average Bonchev–Trinajstić information content (AvgIpc) is 3.16. The van der Waals surface area contributed by atoms with E-state index >= 15 is 0 Å². The van der Waals surface area contributed by atoms with Crippen molar-refractivity contribution < 1.29 is 4.74 Å². The Morgan fingerprint density at radius 3 is 2.76 bits per heavy atom. The Morgan fingerprint density at radius 1 is 1.27 bits per heavy atom. The molecule has 1 aliphatic heterocycles. The molecule has 6 heteroatoms. The molecule has 0 bridgehead atoms. The van der Waals surface area contributed by atoms with Gasteiger partial charge >= 0.3 is 0 Å². The molecule has 0 aromatic carbocycles. The molecule has 0 saturated carbocycles. The molecule has 0 aromatic rings. The van der Waals surface area contributed by atoms with Crippen LogP contribution in [0.25, 0.3) is 0 Å². The summed E-state index contributed by atoms with van der Waals surface area (Å²) in [6.45, 7) is 14.4. The number of rotatable bonds is 11. The minimum absolute atomic E-state index is 0.0844. The number of nitroso groups, excluding NO2 is 1. The summed E-state index contributed by atoms with van der Waals surface area (Å²) in [5, 5.41) is 4.07. The Kier molecular flexibility index (Phi) is 11.6. The van der Waals surface area contributed by atoms with Gasteiger partial charge in [0.05, 0.1) is 0 Å². The molecular weight excluding hydrogens is 434 g/mol. The molecule has 1 saturated heterocycles. The molecule has 33 heavy (non-hydrogen) atoms. The van der Waals surface area contributed by atoms with Crippen LogP contribution in [0.4, 0.5) is 0 Å². The molecule has 2 atom stereocenters. The Labute approximate surface area is 205 Å². The molecule has 5 nitrogen and oxygen atoms in total. The predicted octanol–water partition coefficient (Wildman–Crippen LogP) is 7.40. The molecular formula is C27H42ClN3O2. The van der Waals surface area contributed by atoms with E-state index in [0.29, 0.717) is 0 Å². The highest BCUT2D eigenvalue weighted by molar-refractivity contribution is 6.30. The number of nitrogens with zero attached hydrogens (tertiary/aromatic N) is 3. The highest BCUT2D eigenvalue weighted by Gasteiger charge is 2.27. The van der Waals surface area contributed by atoms with Crippen molar-refractivity contribution in [3.05, 3.63) is 51.2 Å². The van der Waals surface area contributed by atoms with Gasteiger partial charge in [0.15, 0.2) is 0 Å². The van der Waals surface area contributed by atoms with Gasteiger partial charge in [0.25, 0.3) is 0 Å². The first-order chi connectivity index (χ1) is 15.8. The van der Waals surface area contributed by atoms with Crippen molar-refractivity contribution in [2.45, 2.75) is 73.1 Å². The van der Waals surface area contributed by atoms with E-state index in [9.17, 15) is 4.91 Å². The lowest BCUT2D eigenvalue weighted by atomic mass is 9.79. The van der Waals surface area contributed by atoms with Gasteiger partial charge in [-0.15, -0.1) is 0 Å². The van der Waals surface area contributed by atoms with E-state index in [4.69, 9.17) is 21.3 Å². The molecule has 1 fully saturated rings. The highest BCUT2D eigenvalue weighted by Crippen LogP contribution is 2.35. The minimum Gasteiger partial charge on any atom is -0.381 e.